The molecule has 0 radical (unpaired) electrons. The predicted octanol–water partition coefficient (Wildman–Crippen LogP) is 6.51. The number of benzene rings is 1. The number of halogens is 7. The van der Waals surface area contributed by atoms with Crippen molar-refractivity contribution in [2.75, 3.05) is 0 Å². The maximum atomic E-state index is 13.4. The molecule has 0 fully saturated rings. The SMILES string of the molecule is C=C1CCC(=O)N(/C=C/C(=C\C(=C/C)C(F)(F)F)C(F)(F)F)C(=O)c2cc(Cl)ccc2O1. The van der Waals surface area contributed by atoms with E-state index in [9.17, 15) is 35.9 Å². The van der Waals surface area contributed by atoms with Crippen LogP contribution in [0, 0.1) is 0 Å². The van der Waals surface area contributed by atoms with E-state index in [4.69, 9.17) is 16.3 Å². The van der Waals surface area contributed by atoms with Crippen molar-refractivity contribution in [2.24, 2.45) is 0 Å². The first-order valence-electron chi connectivity index (χ1n) is 8.96. The van der Waals surface area contributed by atoms with Gasteiger partial charge < -0.3 is 4.74 Å². The van der Waals surface area contributed by atoms with Crippen LogP contribution >= 0.6 is 11.6 Å². The summed E-state index contributed by atoms with van der Waals surface area (Å²) in [7, 11) is 0. The van der Waals surface area contributed by atoms with Gasteiger partial charge in [0.2, 0.25) is 5.91 Å². The van der Waals surface area contributed by atoms with Gasteiger partial charge in [-0.15, -0.1) is 0 Å². The number of hydrogen-bond acceptors (Lipinski definition) is 3. The Morgan fingerprint density at radius 1 is 1.09 bits per heavy atom. The molecule has 0 unspecified atom stereocenters. The van der Waals surface area contributed by atoms with Crippen molar-refractivity contribution in [1.82, 2.24) is 4.90 Å². The third-order valence-corrected chi connectivity index (χ3v) is 4.45. The fourth-order valence-corrected chi connectivity index (χ4v) is 2.77. The first-order chi connectivity index (χ1) is 14.7. The van der Waals surface area contributed by atoms with Crippen molar-refractivity contribution < 1.29 is 40.7 Å². The van der Waals surface area contributed by atoms with Gasteiger partial charge in [-0.1, -0.05) is 24.3 Å². The molecule has 2 amide bonds. The lowest BCUT2D eigenvalue weighted by Crippen LogP contribution is -2.32. The summed E-state index contributed by atoms with van der Waals surface area (Å²) in [4.78, 5) is 25.8. The summed E-state index contributed by atoms with van der Waals surface area (Å²) in [5, 5.41) is 0.0840. The molecule has 1 aromatic rings. The van der Waals surface area contributed by atoms with E-state index in [-0.39, 0.29) is 47.1 Å². The molecule has 32 heavy (non-hydrogen) atoms. The smallest absolute Gasteiger partial charge is 0.416 e. The normalized spacial score (nSPS) is 17.1. The maximum absolute atomic E-state index is 13.4. The van der Waals surface area contributed by atoms with Crippen LogP contribution in [0.15, 0.2) is 66.1 Å². The van der Waals surface area contributed by atoms with Crippen LogP contribution in [0.1, 0.15) is 30.1 Å². The molecule has 0 bridgehead atoms. The number of imide groups is 1. The first kappa shape index (κ1) is 25.3. The van der Waals surface area contributed by atoms with Crippen LogP contribution in [0.4, 0.5) is 26.3 Å². The zero-order valence-corrected chi connectivity index (χ0v) is 17.2. The average molecular weight is 480 g/mol. The second-order valence-corrected chi connectivity index (χ2v) is 6.94. The molecule has 0 N–H and O–H groups in total. The van der Waals surface area contributed by atoms with Gasteiger partial charge in [0.05, 0.1) is 22.5 Å². The van der Waals surface area contributed by atoms with Crippen molar-refractivity contribution in [3.8, 4) is 5.75 Å². The fourth-order valence-electron chi connectivity index (χ4n) is 2.60. The van der Waals surface area contributed by atoms with Crippen LogP contribution in [0.5, 0.6) is 5.75 Å². The Hall–Kier alpha value is -3.01. The molecule has 0 spiro atoms. The van der Waals surface area contributed by atoms with Crippen LogP contribution in [0.2, 0.25) is 5.02 Å². The Balaban J connectivity index is 2.56. The summed E-state index contributed by atoms with van der Waals surface area (Å²) in [5.41, 5.74) is -3.49. The van der Waals surface area contributed by atoms with Crippen LogP contribution in [-0.2, 0) is 4.79 Å². The fraction of sp³-hybridized carbons (Fsp3) is 0.238. The van der Waals surface area contributed by atoms with Crippen molar-refractivity contribution in [3.05, 3.63) is 76.7 Å². The summed E-state index contributed by atoms with van der Waals surface area (Å²) in [6.45, 7) is 4.54. The molecule has 172 valence electrons. The van der Waals surface area contributed by atoms with E-state index in [2.05, 4.69) is 6.58 Å². The number of ether oxygens (including phenoxy) is 1. The Bertz CT molecular complexity index is 1020. The van der Waals surface area contributed by atoms with Gasteiger partial charge in [-0.25, -0.2) is 0 Å². The monoisotopic (exact) mass is 479 g/mol. The van der Waals surface area contributed by atoms with E-state index in [0.29, 0.717) is 17.2 Å². The minimum Gasteiger partial charge on any atom is -0.462 e. The number of nitrogens with zero attached hydrogens (tertiary/aromatic N) is 1. The molecule has 0 aliphatic carbocycles. The number of carbonyl (C=O) groups excluding carboxylic acids is 2. The number of allylic oxidation sites excluding steroid dienone is 6. The molecule has 1 aliphatic heterocycles. The van der Waals surface area contributed by atoms with E-state index in [1.54, 1.807) is 0 Å². The van der Waals surface area contributed by atoms with Crippen molar-refractivity contribution in [2.45, 2.75) is 32.1 Å². The highest BCUT2D eigenvalue weighted by molar-refractivity contribution is 6.31. The third-order valence-electron chi connectivity index (χ3n) is 4.21. The standard InChI is InChI=1S/C21H16ClF6NO3/c1-3-13(20(23,24)25)10-14(21(26,27)28)8-9-29-18(30)7-4-12(2)32-17-6-5-15(22)11-16(17)19(29)31/h3,5-6,8-11H,2,4,7H2,1H3/b9-8+,13-3+,14-10+. The molecule has 2 rings (SSSR count). The molecule has 0 saturated heterocycles. The molecule has 11 heteroatoms. The van der Waals surface area contributed by atoms with Gasteiger partial charge >= 0.3 is 12.4 Å². The van der Waals surface area contributed by atoms with Gasteiger partial charge in [-0.05, 0) is 37.3 Å². The number of alkyl halides is 6. The largest absolute Gasteiger partial charge is 0.462 e. The summed E-state index contributed by atoms with van der Waals surface area (Å²) in [5.74, 6) is -1.88. The van der Waals surface area contributed by atoms with Crippen LogP contribution in [0.3, 0.4) is 0 Å². The van der Waals surface area contributed by atoms with E-state index in [1.807, 2.05) is 0 Å². The van der Waals surface area contributed by atoms with Gasteiger partial charge in [-0.2, -0.15) is 26.3 Å². The van der Waals surface area contributed by atoms with E-state index >= 15 is 0 Å². The van der Waals surface area contributed by atoms with E-state index in [1.165, 1.54) is 12.1 Å². The maximum Gasteiger partial charge on any atom is 0.416 e. The highest BCUT2D eigenvalue weighted by Gasteiger charge is 2.37. The van der Waals surface area contributed by atoms with Crippen molar-refractivity contribution in [1.29, 1.82) is 0 Å². The van der Waals surface area contributed by atoms with Gasteiger partial charge in [-0.3, -0.25) is 14.5 Å². The van der Waals surface area contributed by atoms with Crippen molar-refractivity contribution in [3.63, 3.8) is 0 Å². The molecular formula is C21H16ClF6NO3. The molecule has 1 heterocycles. The van der Waals surface area contributed by atoms with Crippen LogP contribution in [0.25, 0.3) is 0 Å². The Labute approximate surface area is 184 Å². The summed E-state index contributed by atoms with van der Waals surface area (Å²) < 4.78 is 84.2. The first-order valence-corrected chi connectivity index (χ1v) is 9.34. The average Bonchev–Trinajstić information content (AvgIpc) is 2.71. The number of amides is 2. The third kappa shape index (κ3) is 6.25. The summed E-state index contributed by atoms with van der Waals surface area (Å²) >= 11 is 5.88. The Morgan fingerprint density at radius 3 is 2.28 bits per heavy atom. The number of hydrogen-bond donors (Lipinski definition) is 0. The Morgan fingerprint density at radius 2 is 1.72 bits per heavy atom. The molecule has 0 aromatic heterocycles. The molecule has 1 aliphatic rings. The van der Waals surface area contributed by atoms with Crippen molar-refractivity contribution >= 4 is 23.4 Å². The van der Waals surface area contributed by atoms with E-state index < -0.39 is 35.3 Å². The van der Waals surface area contributed by atoms with Crippen LogP contribution in [-0.4, -0.2) is 29.1 Å². The minimum atomic E-state index is -5.19. The van der Waals surface area contributed by atoms with Gasteiger partial charge in [0.25, 0.3) is 5.91 Å². The second kappa shape index (κ2) is 9.64. The molecule has 0 saturated carbocycles. The quantitative estimate of drug-likeness (QED) is 0.282. The molecular weight excluding hydrogens is 464 g/mol. The summed E-state index contributed by atoms with van der Waals surface area (Å²) in [6.07, 6.45) is -9.55. The number of rotatable bonds is 3. The zero-order valence-electron chi connectivity index (χ0n) is 16.5. The highest BCUT2D eigenvalue weighted by atomic mass is 35.5. The second-order valence-electron chi connectivity index (χ2n) is 6.51. The van der Waals surface area contributed by atoms with Crippen LogP contribution < -0.4 is 4.74 Å². The minimum absolute atomic E-state index is 0.0302. The molecule has 1 aromatic carbocycles. The topological polar surface area (TPSA) is 46.6 Å². The van der Waals surface area contributed by atoms with E-state index in [0.717, 1.165) is 13.0 Å². The number of fused-ring (bicyclic) bond motifs is 1. The predicted molar refractivity (Wildman–Crippen MR) is 105 cm³/mol. The molecule has 4 nitrogen and oxygen atoms in total. The highest BCUT2D eigenvalue weighted by Crippen LogP contribution is 2.34. The summed E-state index contributed by atoms with van der Waals surface area (Å²) in [6, 6.07) is 3.86. The van der Waals surface area contributed by atoms with Gasteiger partial charge in [0, 0.05) is 24.1 Å². The Kier molecular flexibility index (Phi) is 7.61. The number of carbonyl (C=O) groups is 2. The zero-order chi connectivity index (χ0) is 24.3. The lowest BCUT2D eigenvalue weighted by molar-refractivity contribution is -0.126. The lowest BCUT2D eigenvalue weighted by Gasteiger charge is -2.18. The van der Waals surface area contributed by atoms with Gasteiger partial charge in [0.15, 0.2) is 0 Å². The lowest BCUT2D eigenvalue weighted by atomic mass is 10.1. The molecule has 0 atom stereocenters. The van der Waals surface area contributed by atoms with Gasteiger partial charge in [0.1, 0.15) is 5.75 Å².